The molecule has 0 aromatic heterocycles. The number of ether oxygens (including phenoxy) is 1. The van der Waals surface area contributed by atoms with Crippen LogP contribution in [0.15, 0.2) is 48.0 Å². The summed E-state index contributed by atoms with van der Waals surface area (Å²) in [6, 6.07) is 11.5. The molecule has 0 spiro atoms. The largest absolute Gasteiger partial charge is 0.507 e. The highest BCUT2D eigenvalue weighted by Crippen LogP contribution is 2.40. The summed E-state index contributed by atoms with van der Waals surface area (Å²) in [7, 11) is 3.80. The number of ketones is 1. The molecule has 1 amide bonds. The topological polar surface area (TPSA) is 70.1 Å². The van der Waals surface area contributed by atoms with Gasteiger partial charge in [0, 0.05) is 23.7 Å². The number of likely N-dealkylation sites (N-methyl/N-ethyl adjacent to an activating group) is 1. The fraction of sp³-hybridized carbons (Fsp3) is 0.360. The van der Waals surface area contributed by atoms with Crippen molar-refractivity contribution in [1.82, 2.24) is 9.80 Å². The minimum Gasteiger partial charge on any atom is -0.507 e. The average molecular weight is 457 g/mol. The van der Waals surface area contributed by atoms with Gasteiger partial charge in [0.25, 0.3) is 11.7 Å². The number of aryl methyl sites for hydroxylation is 1. The maximum atomic E-state index is 13.0. The molecule has 3 rings (SSSR count). The van der Waals surface area contributed by atoms with Crippen molar-refractivity contribution in [2.24, 2.45) is 0 Å². The molecule has 2 aromatic rings. The zero-order valence-electron chi connectivity index (χ0n) is 19.1. The summed E-state index contributed by atoms with van der Waals surface area (Å²) in [6.07, 6.45) is 0.0140. The molecule has 1 heterocycles. The molecule has 7 heteroatoms. The van der Waals surface area contributed by atoms with E-state index in [9.17, 15) is 14.7 Å². The molecule has 1 aliphatic rings. The van der Waals surface area contributed by atoms with Gasteiger partial charge in [0.1, 0.15) is 11.5 Å². The van der Waals surface area contributed by atoms with E-state index in [1.165, 1.54) is 4.90 Å². The van der Waals surface area contributed by atoms with E-state index in [4.69, 9.17) is 16.3 Å². The average Bonchev–Trinajstić information content (AvgIpc) is 2.98. The zero-order chi connectivity index (χ0) is 23.6. The maximum absolute atomic E-state index is 13.0. The first-order valence-electron chi connectivity index (χ1n) is 10.6. The number of carbonyl (C=O) groups excluding carboxylic acids is 2. The van der Waals surface area contributed by atoms with Gasteiger partial charge in [-0.1, -0.05) is 23.7 Å². The van der Waals surface area contributed by atoms with Crippen LogP contribution >= 0.6 is 11.6 Å². The first kappa shape index (κ1) is 23.8. The van der Waals surface area contributed by atoms with Crippen LogP contribution in [0.3, 0.4) is 0 Å². The van der Waals surface area contributed by atoms with Gasteiger partial charge in [-0.15, -0.1) is 0 Å². The van der Waals surface area contributed by atoms with Crippen LogP contribution in [0.4, 0.5) is 0 Å². The van der Waals surface area contributed by atoms with E-state index in [1.807, 2.05) is 39.8 Å². The number of halogens is 1. The number of aliphatic hydroxyl groups excluding tert-OH is 1. The lowest BCUT2D eigenvalue weighted by atomic mass is 9.95. The van der Waals surface area contributed by atoms with Crippen LogP contribution in [0.2, 0.25) is 5.02 Å². The van der Waals surface area contributed by atoms with E-state index in [-0.39, 0.29) is 17.4 Å². The van der Waals surface area contributed by atoms with E-state index in [2.05, 4.69) is 0 Å². The summed E-state index contributed by atoms with van der Waals surface area (Å²) in [5.41, 5.74) is 2.08. The van der Waals surface area contributed by atoms with Crippen molar-refractivity contribution in [3.8, 4) is 5.75 Å². The summed E-state index contributed by atoms with van der Waals surface area (Å²) in [5.74, 6) is -0.807. The Labute approximate surface area is 194 Å². The second-order valence-electron chi connectivity index (χ2n) is 8.49. The van der Waals surface area contributed by atoms with Gasteiger partial charge in [0.05, 0.1) is 17.7 Å². The Morgan fingerprint density at radius 1 is 1.16 bits per heavy atom. The summed E-state index contributed by atoms with van der Waals surface area (Å²) in [5, 5.41) is 11.7. The van der Waals surface area contributed by atoms with Gasteiger partial charge < -0.3 is 19.6 Å². The number of rotatable bonds is 7. The Kier molecular flexibility index (Phi) is 7.26. The Balaban J connectivity index is 2.11. The van der Waals surface area contributed by atoms with Gasteiger partial charge in [0.2, 0.25) is 0 Å². The van der Waals surface area contributed by atoms with Crippen molar-refractivity contribution in [3.63, 3.8) is 0 Å². The highest BCUT2D eigenvalue weighted by Gasteiger charge is 2.45. The second kappa shape index (κ2) is 9.76. The molecule has 0 saturated carbocycles. The van der Waals surface area contributed by atoms with Crippen molar-refractivity contribution < 1.29 is 19.4 Å². The molecule has 1 unspecified atom stereocenters. The standard InChI is InChI=1S/C25H29ClN2O4/c1-15(2)32-20-11-8-18(14-16(20)3)23(29)21-22(17-6-9-19(26)10-7-17)28(13-12-27(4)5)25(31)24(21)30/h6-11,14-15,22,29H,12-13H2,1-5H3/b23-21-. The predicted octanol–water partition coefficient (Wildman–Crippen LogP) is 4.42. The molecule has 0 bridgehead atoms. The number of nitrogens with zero attached hydrogens (tertiary/aromatic N) is 2. The van der Waals surface area contributed by atoms with E-state index in [0.29, 0.717) is 35.0 Å². The van der Waals surface area contributed by atoms with Gasteiger partial charge in [-0.3, -0.25) is 9.59 Å². The molecular weight excluding hydrogens is 428 g/mol. The van der Waals surface area contributed by atoms with Crippen molar-refractivity contribution in [2.75, 3.05) is 27.2 Å². The highest BCUT2D eigenvalue weighted by molar-refractivity contribution is 6.46. The van der Waals surface area contributed by atoms with Crippen LogP contribution in [0, 0.1) is 6.92 Å². The lowest BCUT2D eigenvalue weighted by Crippen LogP contribution is -2.35. The molecule has 6 nitrogen and oxygen atoms in total. The third-order valence-electron chi connectivity index (χ3n) is 5.32. The molecule has 1 aliphatic heterocycles. The lowest BCUT2D eigenvalue weighted by molar-refractivity contribution is -0.140. The lowest BCUT2D eigenvalue weighted by Gasteiger charge is -2.26. The fourth-order valence-corrected chi connectivity index (χ4v) is 3.87. The van der Waals surface area contributed by atoms with E-state index in [0.717, 1.165) is 5.56 Å². The molecule has 1 atom stereocenters. The molecule has 32 heavy (non-hydrogen) atoms. The van der Waals surface area contributed by atoms with E-state index < -0.39 is 17.7 Å². The number of hydrogen-bond acceptors (Lipinski definition) is 5. The number of Topliss-reactive ketones (excluding diaryl/α,β-unsaturated/α-hetero) is 1. The number of likely N-dealkylation sites (tertiary alicyclic amines) is 1. The third-order valence-corrected chi connectivity index (χ3v) is 5.58. The van der Waals surface area contributed by atoms with Crippen LogP contribution in [-0.2, 0) is 9.59 Å². The first-order valence-corrected chi connectivity index (χ1v) is 10.9. The van der Waals surface area contributed by atoms with Gasteiger partial charge in [-0.05, 0) is 76.3 Å². The van der Waals surface area contributed by atoms with Crippen molar-refractivity contribution >= 4 is 29.1 Å². The van der Waals surface area contributed by atoms with Crippen molar-refractivity contribution in [1.29, 1.82) is 0 Å². The second-order valence-corrected chi connectivity index (χ2v) is 8.93. The molecule has 1 fully saturated rings. The Morgan fingerprint density at radius 3 is 2.38 bits per heavy atom. The number of hydrogen-bond donors (Lipinski definition) is 1. The number of carbonyl (C=O) groups is 2. The van der Waals surface area contributed by atoms with Gasteiger partial charge in [0.15, 0.2) is 0 Å². The summed E-state index contributed by atoms with van der Waals surface area (Å²) in [4.78, 5) is 29.4. The number of amides is 1. The normalized spacial score (nSPS) is 18.1. The summed E-state index contributed by atoms with van der Waals surface area (Å²) in [6.45, 7) is 6.68. The Bertz CT molecular complexity index is 1040. The molecule has 0 aliphatic carbocycles. The maximum Gasteiger partial charge on any atom is 0.295 e. The molecule has 0 radical (unpaired) electrons. The Morgan fingerprint density at radius 2 is 1.81 bits per heavy atom. The molecule has 1 N–H and O–H groups in total. The monoisotopic (exact) mass is 456 g/mol. The Hall–Kier alpha value is -2.83. The molecule has 2 aromatic carbocycles. The minimum atomic E-state index is -0.695. The van der Waals surface area contributed by atoms with Gasteiger partial charge in [-0.25, -0.2) is 0 Å². The highest BCUT2D eigenvalue weighted by atomic mass is 35.5. The van der Waals surface area contributed by atoms with Crippen LogP contribution in [-0.4, -0.2) is 59.9 Å². The summed E-state index contributed by atoms with van der Waals surface area (Å²) < 4.78 is 5.77. The van der Waals surface area contributed by atoms with Crippen LogP contribution in [0.25, 0.3) is 5.76 Å². The van der Waals surface area contributed by atoms with E-state index >= 15 is 0 Å². The zero-order valence-corrected chi connectivity index (χ0v) is 19.8. The third kappa shape index (κ3) is 4.97. The fourth-order valence-electron chi connectivity index (χ4n) is 3.75. The predicted molar refractivity (Wildman–Crippen MR) is 126 cm³/mol. The van der Waals surface area contributed by atoms with Crippen molar-refractivity contribution in [2.45, 2.75) is 32.9 Å². The SMILES string of the molecule is Cc1cc(/C(O)=C2/C(=O)C(=O)N(CCN(C)C)C2c2ccc(Cl)cc2)ccc1OC(C)C. The quantitative estimate of drug-likeness (QED) is 0.379. The molecule has 1 saturated heterocycles. The molecule has 170 valence electrons. The minimum absolute atomic E-state index is 0.0140. The number of aliphatic hydroxyl groups is 1. The van der Waals surface area contributed by atoms with Crippen LogP contribution < -0.4 is 4.74 Å². The van der Waals surface area contributed by atoms with Crippen LogP contribution in [0.1, 0.15) is 36.6 Å². The van der Waals surface area contributed by atoms with Gasteiger partial charge >= 0.3 is 0 Å². The van der Waals surface area contributed by atoms with Crippen molar-refractivity contribution in [3.05, 3.63) is 69.8 Å². The number of benzene rings is 2. The molecular formula is C25H29ClN2O4. The van der Waals surface area contributed by atoms with Crippen LogP contribution in [0.5, 0.6) is 5.75 Å². The first-order chi connectivity index (χ1) is 15.1. The van der Waals surface area contributed by atoms with E-state index in [1.54, 1.807) is 42.5 Å². The smallest absolute Gasteiger partial charge is 0.295 e. The van der Waals surface area contributed by atoms with Gasteiger partial charge in [-0.2, -0.15) is 0 Å². The summed E-state index contributed by atoms with van der Waals surface area (Å²) >= 11 is 6.05.